The summed E-state index contributed by atoms with van der Waals surface area (Å²) in [4.78, 5) is 35.2. The highest BCUT2D eigenvalue weighted by Crippen LogP contribution is 2.16. The van der Waals surface area contributed by atoms with Crippen LogP contribution in [0.15, 0.2) is 18.2 Å². The van der Waals surface area contributed by atoms with E-state index in [2.05, 4.69) is 10.6 Å². The Labute approximate surface area is 159 Å². The lowest BCUT2D eigenvalue weighted by Gasteiger charge is -2.12. The van der Waals surface area contributed by atoms with Crippen molar-refractivity contribution in [3.63, 3.8) is 0 Å². The van der Waals surface area contributed by atoms with Crippen molar-refractivity contribution in [1.82, 2.24) is 5.32 Å². The van der Waals surface area contributed by atoms with E-state index in [1.54, 1.807) is 0 Å². The molecule has 0 aliphatic heterocycles. The fourth-order valence-corrected chi connectivity index (χ4v) is 2.99. The van der Waals surface area contributed by atoms with E-state index in [-0.39, 0.29) is 36.0 Å². The molecule has 1 atom stereocenters. The summed E-state index contributed by atoms with van der Waals surface area (Å²) in [7, 11) is 0. The zero-order valence-corrected chi connectivity index (χ0v) is 16.7. The first kappa shape index (κ1) is 22.0. The smallest absolute Gasteiger partial charge is 0.316 e. The van der Waals surface area contributed by atoms with Crippen LogP contribution in [0.3, 0.4) is 0 Å². The summed E-state index contributed by atoms with van der Waals surface area (Å²) in [6.45, 7) is 7.58. The Morgan fingerprint density at radius 3 is 2.54 bits per heavy atom. The third kappa shape index (κ3) is 8.89. The summed E-state index contributed by atoms with van der Waals surface area (Å²) >= 11 is 1.15. The monoisotopic (exact) mass is 380 g/mol. The number of nitrogens with one attached hydrogen (secondary N) is 2. The van der Waals surface area contributed by atoms with Crippen LogP contribution >= 0.6 is 11.8 Å². The molecule has 6 nitrogen and oxygen atoms in total. The van der Waals surface area contributed by atoms with E-state index in [1.165, 1.54) is 0 Å². The molecule has 0 unspecified atom stereocenters. The SMILES string of the molecule is CCC[C@@H](C)NC(=O)COC(=O)CSCC(=O)Nc1ccc(C)cc1C. The third-order valence-corrected chi connectivity index (χ3v) is 4.51. The van der Waals surface area contributed by atoms with Crippen molar-refractivity contribution in [1.29, 1.82) is 0 Å². The fraction of sp³-hybridized carbons (Fsp3) is 0.526. The van der Waals surface area contributed by atoms with E-state index in [0.29, 0.717) is 0 Å². The molecular formula is C19H28N2O4S. The van der Waals surface area contributed by atoms with Crippen molar-refractivity contribution >= 4 is 35.2 Å². The predicted octanol–water partition coefficient (Wildman–Crippen LogP) is 2.82. The largest absolute Gasteiger partial charge is 0.455 e. The van der Waals surface area contributed by atoms with Gasteiger partial charge in [-0.2, -0.15) is 0 Å². The van der Waals surface area contributed by atoms with Crippen LogP contribution in [0.1, 0.15) is 37.8 Å². The number of hydrogen-bond acceptors (Lipinski definition) is 5. The summed E-state index contributed by atoms with van der Waals surface area (Å²) < 4.78 is 4.91. The van der Waals surface area contributed by atoms with Crippen molar-refractivity contribution in [2.45, 2.75) is 46.6 Å². The first-order valence-corrected chi connectivity index (χ1v) is 9.87. The van der Waals surface area contributed by atoms with Crippen LogP contribution < -0.4 is 10.6 Å². The maximum absolute atomic E-state index is 11.9. The van der Waals surface area contributed by atoms with Crippen LogP contribution in [-0.4, -0.2) is 41.9 Å². The summed E-state index contributed by atoms with van der Waals surface area (Å²) in [5, 5.41) is 5.58. The standard InChI is InChI=1S/C19H28N2O4S/c1-5-6-15(4)20-17(22)10-25-19(24)12-26-11-18(23)21-16-8-7-13(2)9-14(16)3/h7-9,15H,5-6,10-12H2,1-4H3,(H,20,22)(H,21,23)/t15-/m1/s1. The Balaban J connectivity index is 2.22. The zero-order valence-electron chi connectivity index (χ0n) is 15.9. The molecule has 0 saturated carbocycles. The van der Waals surface area contributed by atoms with Gasteiger partial charge < -0.3 is 15.4 Å². The number of benzene rings is 1. The number of thioether (sulfide) groups is 1. The lowest BCUT2D eigenvalue weighted by atomic mass is 10.1. The maximum atomic E-state index is 11.9. The Morgan fingerprint density at radius 2 is 1.88 bits per heavy atom. The van der Waals surface area contributed by atoms with Gasteiger partial charge in [-0.1, -0.05) is 31.0 Å². The molecule has 7 heteroatoms. The molecule has 0 spiro atoms. The number of anilines is 1. The van der Waals surface area contributed by atoms with Crippen molar-refractivity contribution in [2.24, 2.45) is 0 Å². The van der Waals surface area contributed by atoms with Crippen LogP contribution in [0.25, 0.3) is 0 Å². The second-order valence-electron chi connectivity index (χ2n) is 6.28. The predicted molar refractivity (Wildman–Crippen MR) is 105 cm³/mol. The highest BCUT2D eigenvalue weighted by molar-refractivity contribution is 8.00. The van der Waals surface area contributed by atoms with Gasteiger partial charge in [-0.15, -0.1) is 11.8 Å². The van der Waals surface area contributed by atoms with Crippen LogP contribution in [-0.2, 0) is 19.1 Å². The van der Waals surface area contributed by atoms with E-state index in [4.69, 9.17) is 4.74 Å². The topological polar surface area (TPSA) is 84.5 Å². The number of aryl methyl sites for hydroxylation is 2. The Bertz CT molecular complexity index is 634. The van der Waals surface area contributed by atoms with E-state index in [0.717, 1.165) is 41.4 Å². The second-order valence-corrected chi connectivity index (χ2v) is 7.26. The summed E-state index contributed by atoms with van der Waals surface area (Å²) in [5.74, 6) is -0.828. The number of rotatable bonds is 10. The molecule has 0 saturated heterocycles. The van der Waals surface area contributed by atoms with Crippen LogP contribution in [0.5, 0.6) is 0 Å². The first-order valence-electron chi connectivity index (χ1n) is 8.71. The third-order valence-electron chi connectivity index (χ3n) is 3.60. The summed E-state index contributed by atoms with van der Waals surface area (Å²) in [6.07, 6.45) is 1.85. The maximum Gasteiger partial charge on any atom is 0.316 e. The molecule has 144 valence electrons. The van der Waals surface area contributed by atoms with Gasteiger partial charge in [-0.25, -0.2) is 0 Å². The van der Waals surface area contributed by atoms with Crippen LogP contribution in [0, 0.1) is 13.8 Å². The van der Waals surface area contributed by atoms with Gasteiger partial charge in [0.15, 0.2) is 6.61 Å². The molecular weight excluding hydrogens is 352 g/mol. The molecule has 1 aromatic rings. The van der Waals surface area contributed by atoms with Crippen molar-refractivity contribution in [3.8, 4) is 0 Å². The quantitative estimate of drug-likeness (QED) is 0.610. The highest BCUT2D eigenvalue weighted by Gasteiger charge is 2.11. The second kappa shape index (κ2) is 11.6. The van der Waals surface area contributed by atoms with E-state index in [9.17, 15) is 14.4 Å². The molecule has 0 aliphatic rings. The number of ether oxygens (including phenoxy) is 1. The number of esters is 1. The average Bonchev–Trinajstić information content (AvgIpc) is 2.56. The van der Waals surface area contributed by atoms with E-state index in [1.807, 2.05) is 45.9 Å². The van der Waals surface area contributed by atoms with Crippen LogP contribution in [0.4, 0.5) is 5.69 Å². The lowest BCUT2D eigenvalue weighted by Crippen LogP contribution is -2.35. The van der Waals surface area contributed by atoms with Crippen molar-refractivity contribution in [2.75, 3.05) is 23.4 Å². The molecule has 2 amide bonds. The molecule has 1 aromatic carbocycles. The molecule has 0 aromatic heterocycles. The average molecular weight is 381 g/mol. The molecule has 26 heavy (non-hydrogen) atoms. The number of amides is 2. The Kier molecular flexibility index (Phi) is 9.80. The molecule has 0 fully saturated rings. The minimum Gasteiger partial charge on any atom is -0.455 e. The Hall–Kier alpha value is -2.02. The van der Waals surface area contributed by atoms with Gasteiger partial charge in [-0.3, -0.25) is 14.4 Å². The molecule has 0 radical (unpaired) electrons. The van der Waals surface area contributed by atoms with Crippen molar-refractivity contribution in [3.05, 3.63) is 29.3 Å². The van der Waals surface area contributed by atoms with Gasteiger partial charge >= 0.3 is 5.97 Å². The highest BCUT2D eigenvalue weighted by atomic mass is 32.2. The van der Waals surface area contributed by atoms with Gasteiger partial charge in [0.05, 0.1) is 11.5 Å². The molecule has 0 heterocycles. The van der Waals surface area contributed by atoms with Crippen LogP contribution in [0.2, 0.25) is 0 Å². The fourth-order valence-electron chi connectivity index (χ4n) is 2.38. The molecule has 0 aliphatic carbocycles. The number of carbonyl (C=O) groups is 3. The number of carbonyl (C=O) groups excluding carboxylic acids is 3. The number of hydrogen-bond donors (Lipinski definition) is 2. The first-order chi connectivity index (χ1) is 12.3. The molecule has 1 rings (SSSR count). The van der Waals surface area contributed by atoms with Crippen molar-refractivity contribution < 1.29 is 19.1 Å². The van der Waals surface area contributed by atoms with Gasteiger partial charge in [0.1, 0.15) is 0 Å². The normalized spacial score (nSPS) is 11.5. The lowest BCUT2D eigenvalue weighted by molar-refractivity contribution is -0.146. The van der Waals surface area contributed by atoms with Gasteiger partial charge in [0.25, 0.3) is 5.91 Å². The minimum absolute atomic E-state index is 0.0259. The molecule has 2 N–H and O–H groups in total. The summed E-state index contributed by atoms with van der Waals surface area (Å²) in [6, 6.07) is 5.85. The Morgan fingerprint density at radius 1 is 1.15 bits per heavy atom. The van der Waals surface area contributed by atoms with E-state index >= 15 is 0 Å². The molecule has 0 bridgehead atoms. The zero-order chi connectivity index (χ0) is 19.5. The van der Waals surface area contributed by atoms with E-state index < -0.39 is 5.97 Å². The van der Waals surface area contributed by atoms with Gasteiger partial charge in [0.2, 0.25) is 5.91 Å². The summed E-state index contributed by atoms with van der Waals surface area (Å²) in [5.41, 5.74) is 2.89. The minimum atomic E-state index is -0.507. The van der Waals surface area contributed by atoms with Gasteiger partial charge in [-0.05, 0) is 38.8 Å². The van der Waals surface area contributed by atoms with Gasteiger partial charge in [0, 0.05) is 11.7 Å².